The highest BCUT2D eigenvalue weighted by molar-refractivity contribution is 5.84. The number of nitrogens with zero attached hydrogens (tertiary/aromatic N) is 4. The zero-order valence-corrected chi connectivity index (χ0v) is 25.1. The zero-order valence-electron chi connectivity index (χ0n) is 25.1. The summed E-state index contributed by atoms with van der Waals surface area (Å²) in [5.74, 6) is -0.0412. The molecule has 10 nitrogen and oxygen atoms in total. The predicted octanol–water partition coefficient (Wildman–Crippen LogP) is 4.71. The highest BCUT2D eigenvalue weighted by Crippen LogP contribution is 2.37. The molecule has 0 spiro atoms. The monoisotopic (exact) mass is 563 g/mol. The number of ether oxygens (including phenoxy) is 2. The van der Waals surface area contributed by atoms with Crippen molar-refractivity contribution >= 4 is 23.2 Å². The van der Waals surface area contributed by atoms with E-state index >= 15 is 0 Å². The van der Waals surface area contributed by atoms with Gasteiger partial charge in [-0.3, -0.25) is 9.69 Å². The molecule has 0 saturated carbocycles. The molecule has 1 aromatic carbocycles. The molecule has 0 radical (unpaired) electrons. The second-order valence-electron chi connectivity index (χ2n) is 12.9. The van der Waals surface area contributed by atoms with Gasteiger partial charge in [0.05, 0.1) is 31.1 Å². The van der Waals surface area contributed by atoms with E-state index in [1.807, 2.05) is 33.0 Å². The van der Waals surface area contributed by atoms with Crippen LogP contribution in [0.4, 0.5) is 4.79 Å². The van der Waals surface area contributed by atoms with Crippen LogP contribution in [0.3, 0.4) is 0 Å². The number of carbonyl (C=O) groups excluding carboxylic acids is 2. The first-order chi connectivity index (χ1) is 19.2. The Balaban J connectivity index is 1.63. The summed E-state index contributed by atoms with van der Waals surface area (Å²) in [6, 6.07) is 3.74. The molecule has 0 aliphatic carbocycles. The summed E-state index contributed by atoms with van der Waals surface area (Å²) in [5, 5.41) is 10.5. The third-order valence-corrected chi connectivity index (χ3v) is 7.63. The van der Waals surface area contributed by atoms with Gasteiger partial charge in [0.15, 0.2) is 5.65 Å². The van der Waals surface area contributed by atoms with Gasteiger partial charge < -0.3 is 24.5 Å². The topological polar surface area (TPSA) is 121 Å². The third-order valence-electron chi connectivity index (χ3n) is 7.63. The Labute approximate surface area is 241 Å². The number of hydrogen-bond donors (Lipinski definition) is 2. The van der Waals surface area contributed by atoms with Gasteiger partial charge in [0.25, 0.3) is 5.91 Å². The molecular formula is C31H41N5O5. The minimum absolute atomic E-state index is 0.286. The molecule has 0 bridgehead atoms. The van der Waals surface area contributed by atoms with Crippen LogP contribution in [-0.4, -0.2) is 79.4 Å². The Morgan fingerprint density at radius 1 is 1.17 bits per heavy atom. The fourth-order valence-corrected chi connectivity index (χ4v) is 5.59. The van der Waals surface area contributed by atoms with Crippen molar-refractivity contribution in [3.63, 3.8) is 0 Å². The second kappa shape index (κ2) is 10.7. The van der Waals surface area contributed by atoms with Gasteiger partial charge in [0.2, 0.25) is 0 Å². The van der Waals surface area contributed by atoms with E-state index < -0.39 is 23.3 Å². The molecule has 1 saturated heterocycles. The smallest absolute Gasteiger partial charge is 0.410 e. The van der Waals surface area contributed by atoms with Gasteiger partial charge in [-0.1, -0.05) is 13.8 Å². The summed E-state index contributed by atoms with van der Waals surface area (Å²) in [6.45, 7) is 14.7. The van der Waals surface area contributed by atoms with Crippen molar-refractivity contribution in [1.82, 2.24) is 24.8 Å². The Bertz CT molecular complexity index is 1470. The molecule has 1 atom stereocenters. The van der Waals surface area contributed by atoms with Crippen molar-refractivity contribution in [3.8, 4) is 11.3 Å². The molecule has 1 unspecified atom stereocenters. The minimum Gasteiger partial charge on any atom is -0.444 e. The highest BCUT2D eigenvalue weighted by Gasteiger charge is 2.37. The Kier molecular flexibility index (Phi) is 7.59. The standard InChI is InChI=1S/C31H41N5O5/c1-18(2)22-14-32-27-26(22)34-24(15-33-27)20-12-19-8-9-35(28(37)31(6,7)39)16-23(19)21(13-20)25-17-40-11-10-36(25)29(38)41-30(3,4)5/h12-15,18,25,39H,8-11,16-17H2,1-7H3,(H,32,33). The SMILES string of the molecule is CC(C)c1c[nH]c2ncc(-c3cc4c(c(C5COCCN5C(=O)OC(C)(C)C)c3)CN(C(=O)C(C)(C)O)CC4)nc12. The summed E-state index contributed by atoms with van der Waals surface area (Å²) in [4.78, 5) is 42.7. The number of rotatable bonds is 4. The molecule has 2 aromatic heterocycles. The predicted molar refractivity (Wildman–Crippen MR) is 155 cm³/mol. The lowest BCUT2D eigenvalue weighted by Gasteiger charge is -2.40. The van der Waals surface area contributed by atoms with E-state index in [9.17, 15) is 14.7 Å². The summed E-state index contributed by atoms with van der Waals surface area (Å²) in [5.41, 5.74) is 5.10. The van der Waals surface area contributed by atoms with Crippen LogP contribution in [0.1, 0.15) is 82.7 Å². The average molecular weight is 564 g/mol. The number of nitrogens with one attached hydrogen (secondary N) is 1. The summed E-state index contributed by atoms with van der Waals surface area (Å²) in [7, 11) is 0. The first-order valence-corrected chi connectivity index (χ1v) is 14.3. The number of hydrogen-bond acceptors (Lipinski definition) is 7. The summed E-state index contributed by atoms with van der Waals surface area (Å²) in [6.07, 6.45) is 3.93. The summed E-state index contributed by atoms with van der Waals surface area (Å²) >= 11 is 0. The lowest BCUT2D eigenvalue weighted by Crippen LogP contribution is -2.48. The molecule has 220 valence electrons. The van der Waals surface area contributed by atoms with Crippen molar-refractivity contribution in [2.24, 2.45) is 0 Å². The molecule has 3 aromatic rings. The highest BCUT2D eigenvalue weighted by atomic mass is 16.6. The lowest BCUT2D eigenvalue weighted by atomic mass is 9.87. The average Bonchev–Trinajstić information content (AvgIpc) is 3.34. The largest absolute Gasteiger partial charge is 0.444 e. The van der Waals surface area contributed by atoms with E-state index in [0.717, 1.165) is 44.7 Å². The van der Waals surface area contributed by atoms with Crippen molar-refractivity contribution < 1.29 is 24.2 Å². The fourth-order valence-electron chi connectivity index (χ4n) is 5.59. The van der Waals surface area contributed by atoms with Crippen molar-refractivity contribution in [1.29, 1.82) is 0 Å². The molecule has 2 aliphatic heterocycles. The number of aliphatic hydroxyl groups is 1. The van der Waals surface area contributed by atoms with Gasteiger partial charge in [0, 0.05) is 37.0 Å². The third kappa shape index (κ3) is 5.94. The van der Waals surface area contributed by atoms with Crippen molar-refractivity contribution in [3.05, 3.63) is 46.8 Å². The zero-order chi connectivity index (χ0) is 29.7. The number of morpholine rings is 1. The number of H-pyrrole nitrogens is 1. The molecule has 10 heteroatoms. The Morgan fingerprint density at radius 2 is 1.93 bits per heavy atom. The molecule has 2 N–H and O–H groups in total. The van der Waals surface area contributed by atoms with E-state index in [0.29, 0.717) is 39.3 Å². The number of amides is 2. The van der Waals surface area contributed by atoms with Gasteiger partial charge in [-0.25, -0.2) is 14.8 Å². The first-order valence-electron chi connectivity index (χ1n) is 14.3. The Hall–Kier alpha value is -3.50. The van der Waals surface area contributed by atoms with E-state index in [2.05, 4.69) is 29.9 Å². The molecule has 5 rings (SSSR count). The van der Waals surface area contributed by atoms with Crippen LogP contribution >= 0.6 is 0 Å². The maximum atomic E-state index is 13.4. The molecule has 1 fully saturated rings. The molecule has 4 heterocycles. The minimum atomic E-state index is -1.48. The quantitative estimate of drug-likeness (QED) is 0.472. The fraction of sp³-hybridized carbons (Fsp3) is 0.548. The van der Waals surface area contributed by atoms with Gasteiger partial charge in [0.1, 0.15) is 16.7 Å². The van der Waals surface area contributed by atoms with Gasteiger partial charge >= 0.3 is 6.09 Å². The van der Waals surface area contributed by atoms with E-state index in [4.69, 9.17) is 14.5 Å². The molecule has 2 aliphatic rings. The second-order valence-corrected chi connectivity index (χ2v) is 12.9. The number of aromatic amines is 1. The van der Waals surface area contributed by atoms with Gasteiger partial charge in [-0.2, -0.15) is 0 Å². The van der Waals surface area contributed by atoms with Crippen LogP contribution in [0.2, 0.25) is 0 Å². The first kappa shape index (κ1) is 29.0. The number of benzene rings is 1. The maximum absolute atomic E-state index is 13.4. The number of aromatic nitrogens is 3. The molecule has 41 heavy (non-hydrogen) atoms. The number of carbonyl (C=O) groups is 2. The van der Waals surface area contributed by atoms with Crippen LogP contribution in [0.15, 0.2) is 24.5 Å². The Morgan fingerprint density at radius 3 is 2.61 bits per heavy atom. The van der Waals surface area contributed by atoms with Gasteiger partial charge in [-0.15, -0.1) is 0 Å². The van der Waals surface area contributed by atoms with Crippen LogP contribution < -0.4 is 0 Å². The van der Waals surface area contributed by atoms with Crippen LogP contribution in [0, 0.1) is 0 Å². The van der Waals surface area contributed by atoms with E-state index in [1.165, 1.54) is 13.8 Å². The van der Waals surface area contributed by atoms with Crippen LogP contribution in [0.25, 0.3) is 22.4 Å². The van der Waals surface area contributed by atoms with Crippen molar-refractivity contribution in [2.45, 2.75) is 84.6 Å². The van der Waals surface area contributed by atoms with Crippen molar-refractivity contribution in [2.75, 3.05) is 26.3 Å². The molecular weight excluding hydrogens is 522 g/mol. The lowest BCUT2D eigenvalue weighted by molar-refractivity contribution is -0.148. The van der Waals surface area contributed by atoms with E-state index in [1.54, 1.807) is 16.0 Å². The van der Waals surface area contributed by atoms with E-state index in [-0.39, 0.29) is 11.8 Å². The maximum Gasteiger partial charge on any atom is 0.410 e. The van der Waals surface area contributed by atoms with Crippen LogP contribution in [0.5, 0.6) is 0 Å². The van der Waals surface area contributed by atoms with Gasteiger partial charge in [-0.05, 0) is 75.8 Å². The number of fused-ring (bicyclic) bond motifs is 2. The normalized spacial score (nSPS) is 18.1. The summed E-state index contributed by atoms with van der Waals surface area (Å²) < 4.78 is 11.7. The van der Waals surface area contributed by atoms with Crippen LogP contribution in [-0.2, 0) is 27.2 Å². The molecule has 2 amide bonds.